The lowest BCUT2D eigenvalue weighted by atomic mass is 9.99. The van der Waals surface area contributed by atoms with Gasteiger partial charge in [-0.05, 0) is 18.2 Å². The average Bonchev–Trinajstić information content (AvgIpc) is 2.83. The van der Waals surface area contributed by atoms with Gasteiger partial charge in [-0.2, -0.15) is 0 Å². The molecule has 0 aliphatic carbocycles. The lowest BCUT2D eigenvalue weighted by Crippen LogP contribution is -2.60. The summed E-state index contributed by atoms with van der Waals surface area (Å²) in [5, 5.41) is 79.4. The summed E-state index contributed by atoms with van der Waals surface area (Å²) in [7, 11) is 1.14. The molecule has 35 heavy (non-hydrogen) atoms. The number of hydrogen-bond donors (Lipinski definition) is 8. The van der Waals surface area contributed by atoms with E-state index in [2.05, 4.69) is 0 Å². The molecular formula is C22H22O13. The highest BCUT2D eigenvalue weighted by atomic mass is 16.7. The molecule has 13 nitrogen and oxygen atoms in total. The molecule has 0 bridgehead atoms. The Morgan fingerprint density at radius 1 is 0.943 bits per heavy atom. The number of fused-ring (bicyclic) bond motifs is 1. The minimum absolute atomic E-state index is 0.0171. The van der Waals surface area contributed by atoms with Crippen LogP contribution in [0.3, 0.4) is 0 Å². The Morgan fingerprint density at radius 3 is 2.29 bits per heavy atom. The highest BCUT2D eigenvalue weighted by Crippen LogP contribution is 2.45. The minimum atomic E-state index is -1.78. The maximum atomic E-state index is 12.8. The van der Waals surface area contributed by atoms with Crippen LogP contribution in [0.5, 0.6) is 34.5 Å². The largest absolute Gasteiger partial charge is 0.504 e. The third-order valence-electron chi connectivity index (χ3n) is 5.59. The summed E-state index contributed by atoms with van der Waals surface area (Å²) in [4.78, 5) is 12.8. The first kappa shape index (κ1) is 24.4. The molecule has 2 aromatic carbocycles. The predicted molar refractivity (Wildman–Crippen MR) is 116 cm³/mol. The molecule has 13 heteroatoms. The summed E-state index contributed by atoms with van der Waals surface area (Å²) in [6.45, 7) is -0.706. The van der Waals surface area contributed by atoms with Crippen molar-refractivity contribution in [2.24, 2.45) is 0 Å². The van der Waals surface area contributed by atoms with Gasteiger partial charge in [0.1, 0.15) is 35.4 Å². The fourth-order valence-electron chi connectivity index (χ4n) is 3.72. The number of hydrogen-bond acceptors (Lipinski definition) is 13. The topological polar surface area (TPSA) is 220 Å². The van der Waals surface area contributed by atoms with Crippen molar-refractivity contribution in [1.29, 1.82) is 0 Å². The number of ether oxygens (including phenoxy) is 3. The van der Waals surface area contributed by atoms with Gasteiger partial charge >= 0.3 is 0 Å². The molecule has 1 aromatic heterocycles. The summed E-state index contributed by atoms with van der Waals surface area (Å²) >= 11 is 0. The molecule has 3 aromatic rings. The number of methoxy groups -OCH3 is 1. The van der Waals surface area contributed by atoms with Crippen LogP contribution in [0.25, 0.3) is 22.3 Å². The molecule has 0 unspecified atom stereocenters. The number of aliphatic hydroxyl groups is 4. The summed E-state index contributed by atoms with van der Waals surface area (Å²) < 4.78 is 21.5. The zero-order valence-corrected chi connectivity index (χ0v) is 18.0. The van der Waals surface area contributed by atoms with E-state index in [-0.39, 0.29) is 16.9 Å². The molecule has 8 N–H and O–H groups in total. The number of aromatic hydroxyl groups is 4. The molecule has 188 valence electrons. The maximum Gasteiger partial charge on any atom is 0.238 e. The first-order valence-corrected chi connectivity index (χ1v) is 10.2. The van der Waals surface area contributed by atoms with E-state index < -0.39 is 82.6 Å². The van der Waals surface area contributed by atoms with Crippen molar-refractivity contribution >= 4 is 11.0 Å². The molecule has 1 fully saturated rings. The average molecular weight is 494 g/mol. The summed E-state index contributed by atoms with van der Waals surface area (Å²) in [5.41, 5.74) is -1.35. The van der Waals surface area contributed by atoms with Gasteiger partial charge in [0.15, 0.2) is 28.8 Å². The van der Waals surface area contributed by atoms with Crippen molar-refractivity contribution in [3.63, 3.8) is 0 Å². The highest BCUT2D eigenvalue weighted by Gasteiger charge is 2.45. The monoisotopic (exact) mass is 494 g/mol. The second kappa shape index (κ2) is 9.13. The van der Waals surface area contributed by atoms with Crippen LogP contribution in [0, 0.1) is 0 Å². The Bertz CT molecular complexity index is 1320. The molecule has 1 aliphatic heterocycles. The van der Waals surface area contributed by atoms with E-state index in [9.17, 15) is 45.6 Å². The van der Waals surface area contributed by atoms with Crippen LogP contribution in [0.15, 0.2) is 33.5 Å². The van der Waals surface area contributed by atoms with E-state index >= 15 is 0 Å². The standard InChI is InChI=1S/C22H22O13/c1-32-21-11(34-22-19(31)17(29)14(26)12(6-23)35-22)5-10-13(16(21)28)15(27)18(30)20(33-10)7-2-3-8(24)9(25)4-7/h2-5,12,14,17,19,22-26,28-31H,6H2,1H3/t12-,14-,17+,19-,22-/m0/s1. The molecule has 0 spiro atoms. The van der Waals surface area contributed by atoms with Gasteiger partial charge in [0.25, 0.3) is 0 Å². The van der Waals surface area contributed by atoms with Gasteiger partial charge in [-0.15, -0.1) is 0 Å². The van der Waals surface area contributed by atoms with Gasteiger partial charge in [0.2, 0.25) is 23.2 Å². The number of aliphatic hydroxyl groups excluding tert-OH is 4. The van der Waals surface area contributed by atoms with Gasteiger partial charge in [0, 0.05) is 11.6 Å². The van der Waals surface area contributed by atoms with E-state index in [1.807, 2.05) is 0 Å². The molecule has 1 saturated heterocycles. The third-order valence-corrected chi connectivity index (χ3v) is 5.59. The normalized spacial score (nSPS) is 24.4. The molecular weight excluding hydrogens is 472 g/mol. The fraction of sp³-hybridized carbons (Fsp3) is 0.318. The van der Waals surface area contributed by atoms with E-state index in [0.29, 0.717) is 0 Å². The first-order chi connectivity index (χ1) is 16.6. The highest BCUT2D eigenvalue weighted by molar-refractivity contribution is 5.91. The van der Waals surface area contributed by atoms with Crippen LogP contribution in [0.1, 0.15) is 0 Å². The van der Waals surface area contributed by atoms with Crippen molar-refractivity contribution in [3.05, 3.63) is 34.5 Å². The van der Waals surface area contributed by atoms with Crippen LogP contribution in [0.2, 0.25) is 0 Å². The van der Waals surface area contributed by atoms with Crippen molar-refractivity contribution in [1.82, 2.24) is 0 Å². The van der Waals surface area contributed by atoms with E-state index in [0.717, 1.165) is 25.3 Å². The zero-order valence-electron chi connectivity index (χ0n) is 18.0. The fourth-order valence-corrected chi connectivity index (χ4v) is 3.72. The predicted octanol–water partition coefficient (Wildman–Crippen LogP) is -0.530. The molecule has 4 rings (SSSR count). The quantitative estimate of drug-likeness (QED) is 0.209. The lowest BCUT2D eigenvalue weighted by Gasteiger charge is -2.39. The number of phenols is 3. The number of rotatable bonds is 5. The zero-order chi connectivity index (χ0) is 25.6. The Hall–Kier alpha value is -3.75. The first-order valence-electron chi connectivity index (χ1n) is 10.2. The Kier molecular flexibility index (Phi) is 6.36. The van der Waals surface area contributed by atoms with Crippen LogP contribution >= 0.6 is 0 Å². The Morgan fingerprint density at radius 2 is 1.66 bits per heavy atom. The molecule has 2 heterocycles. The van der Waals surface area contributed by atoms with Gasteiger partial charge in [-0.25, -0.2) is 0 Å². The van der Waals surface area contributed by atoms with E-state index in [1.165, 1.54) is 6.07 Å². The third kappa shape index (κ3) is 4.05. The number of phenolic OH excluding ortho intramolecular Hbond substituents is 3. The summed E-state index contributed by atoms with van der Waals surface area (Å²) in [6, 6.07) is 4.48. The van der Waals surface area contributed by atoms with Gasteiger partial charge in [-0.1, -0.05) is 0 Å². The Labute approximate surface area is 195 Å². The van der Waals surface area contributed by atoms with Gasteiger partial charge in [0.05, 0.1) is 13.7 Å². The second-order valence-corrected chi connectivity index (χ2v) is 7.76. The van der Waals surface area contributed by atoms with Crippen LogP contribution in [-0.4, -0.2) is 85.3 Å². The van der Waals surface area contributed by atoms with Crippen LogP contribution in [-0.2, 0) is 4.74 Å². The van der Waals surface area contributed by atoms with Gasteiger partial charge < -0.3 is 59.5 Å². The summed E-state index contributed by atoms with van der Waals surface area (Å²) in [6.07, 6.45) is -8.07. The maximum absolute atomic E-state index is 12.8. The van der Waals surface area contributed by atoms with Gasteiger partial charge in [-0.3, -0.25) is 4.79 Å². The van der Waals surface area contributed by atoms with Crippen molar-refractivity contribution in [3.8, 4) is 45.8 Å². The molecule has 0 radical (unpaired) electrons. The van der Waals surface area contributed by atoms with E-state index in [1.54, 1.807) is 0 Å². The molecule has 0 amide bonds. The summed E-state index contributed by atoms with van der Waals surface area (Å²) in [5.74, 6) is -3.81. The van der Waals surface area contributed by atoms with Crippen LogP contribution < -0.4 is 14.9 Å². The Balaban J connectivity index is 1.85. The van der Waals surface area contributed by atoms with Crippen molar-refractivity contribution < 1.29 is 59.5 Å². The lowest BCUT2D eigenvalue weighted by molar-refractivity contribution is -0.277. The second-order valence-electron chi connectivity index (χ2n) is 7.76. The number of benzene rings is 2. The smallest absolute Gasteiger partial charge is 0.238 e. The van der Waals surface area contributed by atoms with Crippen molar-refractivity contribution in [2.75, 3.05) is 13.7 Å². The van der Waals surface area contributed by atoms with Crippen molar-refractivity contribution in [2.45, 2.75) is 30.7 Å². The SMILES string of the molecule is COc1c(O[C@H]2O[C@@H](CO)[C@H](O)[C@@H](O)[C@@H]2O)cc2oc(-c3ccc(O)c(O)c3)c(O)c(=O)c2c1O. The van der Waals surface area contributed by atoms with Crippen LogP contribution in [0.4, 0.5) is 0 Å². The van der Waals surface area contributed by atoms with E-state index in [4.69, 9.17) is 18.6 Å². The minimum Gasteiger partial charge on any atom is -0.504 e. The molecule has 5 atom stereocenters. The molecule has 1 aliphatic rings. The molecule has 0 saturated carbocycles.